The summed E-state index contributed by atoms with van der Waals surface area (Å²) in [5.41, 5.74) is 1.14. The number of pyridine rings is 1. The van der Waals surface area contributed by atoms with Crippen molar-refractivity contribution in [3.8, 4) is 0 Å². The fourth-order valence-corrected chi connectivity index (χ4v) is 2.67. The van der Waals surface area contributed by atoms with E-state index in [2.05, 4.69) is 15.1 Å². The van der Waals surface area contributed by atoms with Gasteiger partial charge in [0.05, 0.1) is 17.4 Å². The van der Waals surface area contributed by atoms with Crippen LogP contribution in [-0.4, -0.2) is 51.1 Å². The molecular formula is C16H15F3N4O3. The molecular weight excluding hydrogens is 353 g/mol. The third kappa shape index (κ3) is 4.07. The Labute approximate surface area is 145 Å². The molecule has 2 atom stereocenters. The van der Waals surface area contributed by atoms with E-state index in [4.69, 9.17) is 9.84 Å². The van der Waals surface area contributed by atoms with Gasteiger partial charge >= 0.3 is 12.1 Å². The second-order valence-corrected chi connectivity index (χ2v) is 5.92. The van der Waals surface area contributed by atoms with E-state index in [0.29, 0.717) is 17.4 Å². The first-order valence-electron chi connectivity index (χ1n) is 7.70. The molecule has 3 heterocycles. The summed E-state index contributed by atoms with van der Waals surface area (Å²) in [5, 5.41) is 13.9. The van der Waals surface area contributed by atoms with Crippen LogP contribution in [0.2, 0.25) is 0 Å². The Morgan fingerprint density at radius 2 is 2.19 bits per heavy atom. The topological polar surface area (TPSA) is 89.6 Å². The van der Waals surface area contributed by atoms with Crippen molar-refractivity contribution >= 4 is 23.1 Å². The van der Waals surface area contributed by atoms with Crippen LogP contribution in [0.4, 0.5) is 13.2 Å². The van der Waals surface area contributed by atoms with Gasteiger partial charge < -0.3 is 9.84 Å². The summed E-state index contributed by atoms with van der Waals surface area (Å²) in [6, 6.07) is 1.60. The van der Waals surface area contributed by atoms with Crippen molar-refractivity contribution in [2.24, 2.45) is 10.9 Å². The number of carboxylic acids is 1. The van der Waals surface area contributed by atoms with Crippen molar-refractivity contribution in [3.63, 3.8) is 0 Å². The van der Waals surface area contributed by atoms with Gasteiger partial charge in [0, 0.05) is 24.5 Å². The highest BCUT2D eigenvalue weighted by atomic mass is 19.4. The van der Waals surface area contributed by atoms with Gasteiger partial charge in [0.25, 0.3) is 0 Å². The van der Waals surface area contributed by atoms with Crippen LogP contribution < -0.4 is 0 Å². The Morgan fingerprint density at radius 3 is 2.85 bits per heavy atom. The van der Waals surface area contributed by atoms with Gasteiger partial charge in [-0.05, 0) is 11.6 Å². The Balaban J connectivity index is 1.72. The van der Waals surface area contributed by atoms with E-state index < -0.39 is 25.0 Å². The lowest BCUT2D eigenvalue weighted by Gasteiger charge is -2.23. The number of carboxylic acid groups (broad SMARTS) is 1. The van der Waals surface area contributed by atoms with Crippen LogP contribution in [0.5, 0.6) is 0 Å². The van der Waals surface area contributed by atoms with Crippen LogP contribution in [0.3, 0.4) is 0 Å². The average molecular weight is 368 g/mol. The smallest absolute Gasteiger partial charge is 0.411 e. The molecule has 0 aliphatic carbocycles. The van der Waals surface area contributed by atoms with Gasteiger partial charge in [-0.2, -0.15) is 18.3 Å². The molecule has 7 nitrogen and oxygen atoms in total. The number of nitrogens with zero attached hydrogens (tertiary/aromatic N) is 4. The fourth-order valence-electron chi connectivity index (χ4n) is 2.67. The Morgan fingerprint density at radius 1 is 1.42 bits per heavy atom. The molecule has 138 valence electrons. The van der Waals surface area contributed by atoms with E-state index in [0.717, 1.165) is 5.57 Å². The highest BCUT2D eigenvalue weighted by Crippen LogP contribution is 2.23. The monoisotopic (exact) mass is 368 g/mol. The maximum absolute atomic E-state index is 12.2. The number of aromatic nitrogens is 3. The Hall–Kier alpha value is -2.75. The van der Waals surface area contributed by atoms with Crippen molar-refractivity contribution in [3.05, 3.63) is 35.8 Å². The lowest BCUT2D eigenvalue weighted by molar-refractivity contribution is -0.187. The highest BCUT2D eigenvalue weighted by Gasteiger charge is 2.31. The number of halogens is 3. The van der Waals surface area contributed by atoms with E-state index in [9.17, 15) is 18.0 Å². The fraction of sp³-hybridized carbons (Fsp3) is 0.375. The van der Waals surface area contributed by atoms with Crippen molar-refractivity contribution < 1.29 is 27.8 Å². The van der Waals surface area contributed by atoms with E-state index in [-0.39, 0.29) is 11.6 Å². The van der Waals surface area contributed by atoms with Gasteiger partial charge in [0.1, 0.15) is 6.61 Å². The number of fused-ring (bicyclic) bond motifs is 1. The largest absolute Gasteiger partial charge is 0.476 e. The lowest BCUT2D eigenvalue weighted by Crippen LogP contribution is -2.28. The first-order chi connectivity index (χ1) is 12.2. The number of alkyl halides is 3. The highest BCUT2D eigenvalue weighted by molar-refractivity contribution is 6.00. The molecule has 0 bridgehead atoms. The molecule has 3 rings (SSSR count). The van der Waals surface area contributed by atoms with Crippen LogP contribution in [0.25, 0.3) is 10.9 Å². The lowest BCUT2D eigenvalue weighted by atomic mass is 10.0. The first kappa shape index (κ1) is 18.1. The molecule has 0 saturated heterocycles. The average Bonchev–Trinajstić information content (AvgIpc) is 2.95. The second-order valence-electron chi connectivity index (χ2n) is 5.92. The molecule has 0 saturated carbocycles. The number of hydrogen-bond donors (Lipinski definition) is 1. The van der Waals surface area contributed by atoms with E-state index in [1.54, 1.807) is 29.9 Å². The number of aromatic carboxylic acids is 1. The van der Waals surface area contributed by atoms with Crippen molar-refractivity contribution in [2.75, 3.05) is 6.61 Å². The summed E-state index contributed by atoms with van der Waals surface area (Å²) < 4.78 is 43.1. The Kier molecular flexibility index (Phi) is 4.77. The van der Waals surface area contributed by atoms with Gasteiger partial charge in [-0.1, -0.05) is 13.0 Å². The summed E-state index contributed by atoms with van der Waals surface area (Å²) in [6.07, 6.45) is 0.858. The normalized spacial score (nSPS) is 20.4. The number of dihydropyridines is 1. The van der Waals surface area contributed by atoms with Crippen molar-refractivity contribution in [2.45, 2.75) is 25.9 Å². The molecule has 2 unspecified atom stereocenters. The van der Waals surface area contributed by atoms with Crippen molar-refractivity contribution in [1.82, 2.24) is 14.8 Å². The molecule has 0 aromatic carbocycles. The zero-order chi connectivity index (χ0) is 18.9. The van der Waals surface area contributed by atoms with Crippen LogP contribution in [0.1, 0.15) is 17.4 Å². The molecule has 0 amide bonds. The van der Waals surface area contributed by atoms with Crippen LogP contribution in [0, 0.1) is 5.92 Å². The minimum absolute atomic E-state index is 0.0889. The number of carbonyl (C=O) groups is 1. The Bertz CT molecular complexity index is 888. The van der Waals surface area contributed by atoms with Gasteiger partial charge in [-0.3, -0.25) is 9.67 Å². The predicted octanol–water partition coefficient (Wildman–Crippen LogP) is 2.68. The quantitative estimate of drug-likeness (QED) is 0.876. The first-order valence-corrected chi connectivity index (χ1v) is 7.70. The van der Waals surface area contributed by atoms with Crippen molar-refractivity contribution in [1.29, 1.82) is 0 Å². The molecule has 0 fully saturated rings. The zero-order valence-corrected chi connectivity index (χ0v) is 13.6. The van der Waals surface area contributed by atoms with E-state index in [1.165, 1.54) is 12.4 Å². The summed E-state index contributed by atoms with van der Waals surface area (Å²) in [7, 11) is 0. The minimum Gasteiger partial charge on any atom is -0.476 e. The standard InChI is InChI=1S/C16H15F3N4O3/c1-9-4-10(5-21-14(9)26-8-16(17,18)19)6-23-7-11-12(22-23)2-3-20-13(11)15(24)25/h2-5,7,9,14H,6,8H2,1H3,(H,24,25). The molecule has 26 heavy (non-hydrogen) atoms. The van der Waals surface area contributed by atoms with Crippen LogP contribution in [0.15, 0.2) is 35.1 Å². The second kappa shape index (κ2) is 6.87. The summed E-state index contributed by atoms with van der Waals surface area (Å²) in [5.74, 6) is -1.48. The predicted molar refractivity (Wildman–Crippen MR) is 86.0 cm³/mol. The van der Waals surface area contributed by atoms with E-state index in [1.807, 2.05) is 0 Å². The molecule has 2 aromatic rings. The van der Waals surface area contributed by atoms with Gasteiger partial charge in [0.15, 0.2) is 11.9 Å². The number of ether oxygens (including phenoxy) is 1. The maximum atomic E-state index is 12.2. The number of rotatable bonds is 5. The SMILES string of the molecule is CC1C=C(Cn2cc3c(C(=O)O)nccc3n2)C=NC1OCC(F)(F)F. The third-order valence-corrected chi connectivity index (χ3v) is 3.76. The van der Waals surface area contributed by atoms with E-state index >= 15 is 0 Å². The number of aliphatic imine (C=N–C) groups is 1. The maximum Gasteiger partial charge on any atom is 0.411 e. The number of allylic oxidation sites excluding steroid dienone is 1. The molecule has 0 spiro atoms. The van der Waals surface area contributed by atoms with Crippen LogP contribution in [-0.2, 0) is 11.3 Å². The number of hydrogen-bond acceptors (Lipinski definition) is 5. The molecule has 1 aliphatic heterocycles. The molecule has 1 N–H and O–H groups in total. The molecule has 1 aliphatic rings. The third-order valence-electron chi connectivity index (χ3n) is 3.76. The zero-order valence-electron chi connectivity index (χ0n) is 13.6. The molecule has 10 heteroatoms. The molecule has 0 radical (unpaired) electrons. The summed E-state index contributed by atoms with van der Waals surface area (Å²) in [4.78, 5) is 19.1. The summed E-state index contributed by atoms with van der Waals surface area (Å²) in [6.45, 7) is 0.662. The van der Waals surface area contributed by atoms with Gasteiger partial charge in [-0.15, -0.1) is 0 Å². The minimum atomic E-state index is -4.40. The van der Waals surface area contributed by atoms with Gasteiger partial charge in [-0.25, -0.2) is 9.78 Å². The summed E-state index contributed by atoms with van der Waals surface area (Å²) >= 11 is 0. The molecule has 2 aromatic heterocycles. The van der Waals surface area contributed by atoms with Gasteiger partial charge in [0.2, 0.25) is 0 Å². The van der Waals surface area contributed by atoms with Crippen LogP contribution >= 0.6 is 0 Å².